The Morgan fingerprint density at radius 1 is 1.73 bits per heavy atom. The van der Waals surface area contributed by atoms with Crippen LogP contribution in [0.1, 0.15) is 9.88 Å². The first kappa shape index (κ1) is 10.6. The van der Waals surface area contributed by atoms with Crippen LogP contribution in [0, 0.1) is 12.8 Å². The number of nitrogens with zero attached hydrogens (tertiary/aromatic N) is 2. The fourth-order valence-corrected chi connectivity index (χ4v) is 2.41. The van der Waals surface area contributed by atoms with Gasteiger partial charge in [-0.3, -0.25) is 4.79 Å². The van der Waals surface area contributed by atoms with Crippen LogP contribution in [0.25, 0.3) is 0 Å². The molecule has 4 nitrogen and oxygen atoms in total. The number of carbonyl (C=O) groups excluding carboxylic acids is 1. The Hall–Kier alpha value is -0.940. The first-order chi connectivity index (χ1) is 7.16. The van der Waals surface area contributed by atoms with Gasteiger partial charge >= 0.3 is 0 Å². The van der Waals surface area contributed by atoms with E-state index in [4.69, 9.17) is 0 Å². The second-order valence-corrected chi connectivity index (χ2v) is 5.21. The number of hydrogen-bond donors (Lipinski definition) is 1. The van der Waals surface area contributed by atoms with Crippen molar-refractivity contribution in [2.24, 2.45) is 5.92 Å². The fourth-order valence-electron chi connectivity index (χ4n) is 1.57. The molecule has 1 N–H and O–H groups in total. The van der Waals surface area contributed by atoms with E-state index in [1.54, 1.807) is 16.2 Å². The second-order valence-electron chi connectivity index (χ2n) is 3.90. The molecular weight excluding hydrogens is 210 g/mol. The van der Waals surface area contributed by atoms with Gasteiger partial charge in [0.2, 0.25) is 5.91 Å². The van der Waals surface area contributed by atoms with Gasteiger partial charge in [0, 0.05) is 31.2 Å². The van der Waals surface area contributed by atoms with Crippen molar-refractivity contribution >= 4 is 17.2 Å². The molecular formula is C10H15N3OS. The lowest BCUT2D eigenvalue weighted by Crippen LogP contribution is -2.50. The molecule has 0 aromatic carbocycles. The van der Waals surface area contributed by atoms with E-state index >= 15 is 0 Å². The van der Waals surface area contributed by atoms with Crippen LogP contribution in [0.3, 0.4) is 0 Å². The van der Waals surface area contributed by atoms with Gasteiger partial charge in [-0.15, -0.1) is 11.3 Å². The summed E-state index contributed by atoms with van der Waals surface area (Å²) in [7, 11) is 1.86. The van der Waals surface area contributed by atoms with Crippen molar-refractivity contribution in [3.8, 4) is 0 Å². The average Bonchev–Trinajstić information content (AvgIpc) is 2.48. The minimum Gasteiger partial charge on any atom is -0.340 e. The highest BCUT2D eigenvalue weighted by molar-refractivity contribution is 7.11. The van der Waals surface area contributed by atoms with Crippen molar-refractivity contribution in [1.82, 2.24) is 15.2 Å². The van der Waals surface area contributed by atoms with Gasteiger partial charge in [0.05, 0.1) is 17.5 Å². The van der Waals surface area contributed by atoms with Gasteiger partial charge in [-0.25, -0.2) is 4.98 Å². The summed E-state index contributed by atoms with van der Waals surface area (Å²) in [5.74, 6) is 0.420. The molecule has 0 saturated carbocycles. The van der Waals surface area contributed by atoms with Crippen molar-refractivity contribution in [2.75, 3.05) is 20.1 Å². The Bertz CT molecular complexity index is 359. The Morgan fingerprint density at radius 2 is 2.47 bits per heavy atom. The van der Waals surface area contributed by atoms with Gasteiger partial charge in [0.15, 0.2) is 0 Å². The number of amides is 1. The lowest BCUT2D eigenvalue weighted by atomic mass is 10.0. The Kier molecular flexibility index (Phi) is 3.02. The highest BCUT2D eigenvalue weighted by atomic mass is 32.1. The maximum Gasteiger partial charge on any atom is 0.228 e. The number of aromatic nitrogens is 1. The van der Waals surface area contributed by atoms with Gasteiger partial charge in [-0.2, -0.15) is 0 Å². The number of nitrogens with one attached hydrogen (secondary N) is 1. The summed E-state index contributed by atoms with van der Waals surface area (Å²) >= 11 is 1.65. The highest BCUT2D eigenvalue weighted by Gasteiger charge is 2.27. The molecule has 0 bridgehead atoms. The summed E-state index contributed by atoms with van der Waals surface area (Å²) in [6.45, 7) is 4.31. The quantitative estimate of drug-likeness (QED) is 0.820. The van der Waals surface area contributed by atoms with Gasteiger partial charge in [-0.05, 0) is 6.92 Å². The molecule has 2 rings (SSSR count). The topological polar surface area (TPSA) is 45.2 Å². The predicted molar refractivity (Wildman–Crippen MR) is 59.7 cm³/mol. The van der Waals surface area contributed by atoms with Crippen LogP contribution in [-0.2, 0) is 11.3 Å². The van der Waals surface area contributed by atoms with Crippen molar-refractivity contribution in [2.45, 2.75) is 13.5 Å². The van der Waals surface area contributed by atoms with Crippen LogP contribution < -0.4 is 5.32 Å². The van der Waals surface area contributed by atoms with Crippen LogP contribution in [0.5, 0.6) is 0 Å². The van der Waals surface area contributed by atoms with E-state index in [9.17, 15) is 4.79 Å². The van der Waals surface area contributed by atoms with Crippen LogP contribution in [0.4, 0.5) is 0 Å². The van der Waals surface area contributed by atoms with E-state index < -0.39 is 0 Å². The fraction of sp³-hybridized carbons (Fsp3) is 0.600. The SMILES string of the molecule is Cc1ncc(CN(C)C(=O)C2CNC2)s1. The first-order valence-corrected chi connectivity index (χ1v) is 5.85. The number of carbonyl (C=O) groups is 1. The van der Waals surface area contributed by atoms with Crippen LogP contribution in [-0.4, -0.2) is 35.9 Å². The summed E-state index contributed by atoms with van der Waals surface area (Å²) in [5, 5.41) is 4.16. The maximum atomic E-state index is 11.8. The molecule has 0 spiro atoms. The normalized spacial score (nSPS) is 16.1. The summed E-state index contributed by atoms with van der Waals surface area (Å²) in [5.41, 5.74) is 0. The summed E-state index contributed by atoms with van der Waals surface area (Å²) in [6, 6.07) is 0. The summed E-state index contributed by atoms with van der Waals surface area (Å²) in [4.78, 5) is 18.9. The van der Waals surface area contributed by atoms with Gasteiger partial charge in [-0.1, -0.05) is 0 Å². The Balaban J connectivity index is 1.91. The van der Waals surface area contributed by atoms with Crippen LogP contribution in [0.2, 0.25) is 0 Å². The molecule has 0 radical (unpaired) electrons. The lowest BCUT2D eigenvalue weighted by molar-refractivity contribution is -0.136. The Morgan fingerprint density at radius 3 is 2.93 bits per heavy atom. The first-order valence-electron chi connectivity index (χ1n) is 5.04. The third-order valence-electron chi connectivity index (χ3n) is 2.57. The van der Waals surface area contributed by atoms with Gasteiger partial charge in [0.1, 0.15) is 0 Å². The number of aryl methyl sites for hydroxylation is 1. The highest BCUT2D eigenvalue weighted by Crippen LogP contribution is 2.15. The lowest BCUT2D eigenvalue weighted by Gasteiger charge is -2.29. The molecule has 15 heavy (non-hydrogen) atoms. The van der Waals surface area contributed by atoms with E-state index in [2.05, 4.69) is 10.3 Å². The van der Waals surface area contributed by atoms with Crippen molar-refractivity contribution in [3.05, 3.63) is 16.1 Å². The van der Waals surface area contributed by atoms with E-state index in [0.29, 0.717) is 6.54 Å². The monoisotopic (exact) mass is 225 g/mol. The second kappa shape index (κ2) is 4.28. The molecule has 1 aromatic heterocycles. The van der Waals surface area contributed by atoms with Gasteiger partial charge < -0.3 is 10.2 Å². The molecule has 2 heterocycles. The average molecular weight is 225 g/mol. The molecule has 1 saturated heterocycles. The van der Waals surface area contributed by atoms with Crippen LogP contribution in [0.15, 0.2) is 6.20 Å². The van der Waals surface area contributed by atoms with E-state index in [0.717, 1.165) is 23.0 Å². The third-order valence-corrected chi connectivity index (χ3v) is 3.47. The smallest absolute Gasteiger partial charge is 0.228 e. The maximum absolute atomic E-state index is 11.8. The van der Waals surface area contributed by atoms with Crippen molar-refractivity contribution < 1.29 is 4.79 Å². The number of rotatable bonds is 3. The zero-order valence-electron chi connectivity index (χ0n) is 8.99. The zero-order valence-corrected chi connectivity index (χ0v) is 9.80. The Labute approximate surface area is 93.3 Å². The standard InChI is InChI=1S/C10H15N3OS/c1-7-12-5-9(15-7)6-13(2)10(14)8-3-11-4-8/h5,8,11H,3-4,6H2,1-2H3. The molecule has 1 aliphatic rings. The summed E-state index contributed by atoms with van der Waals surface area (Å²) in [6.07, 6.45) is 1.85. The minimum atomic E-state index is 0.184. The number of thiazole rings is 1. The molecule has 0 atom stereocenters. The molecule has 0 unspecified atom stereocenters. The van der Waals surface area contributed by atoms with Crippen LogP contribution >= 0.6 is 11.3 Å². The number of hydrogen-bond acceptors (Lipinski definition) is 4. The summed E-state index contributed by atoms with van der Waals surface area (Å²) < 4.78 is 0. The van der Waals surface area contributed by atoms with Gasteiger partial charge in [0.25, 0.3) is 0 Å². The largest absolute Gasteiger partial charge is 0.340 e. The predicted octanol–water partition coefficient (Wildman–Crippen LogP) is 0.629. The molecule has 1 aliphatic heterocycles. The van der Waals surface area contributed by atoms with E-state index in [-0.39, 0.29) is 11.8 Å². The third kappa shape index (κ3) is 2.35. The molecule has 1 aromatic rings. The van der Waals surface area contributed by atoms with E-state index in [1.807, 2.05) is 20.2 Å². The molecule has 1 fully saturated rings. The molecule has 1 amide bonds. The minimum absolute atomic E-state index is 0.184. The molecule has 82 valence electrons. The zero-order chi connectivity index (χ0) is 10.8. The van der Waals surface area contributed by atoms with Crippen molar-refractivity contribution in [1.29, 1.82) is 0 Å². The molecule has 5 heteroatoms. The van der Waals surface area contributed by atoms with Crippen molar-refractivity contribution in [3.63, 3.8) is 0 Å². The molecule has 0 aliphatic carbocycles. The van der Waals surface area contributed by atoms with E-state index in [1.165, 1.54) is 0 Å².